The molecule has 1 atom stereocenters. The van der Waals surface area contributed by atoms with Crippen LogP contribution in [-0.4, -0.2) is 35.1 Å². The topological polar surface area (TPSA) is 76.0 Å². The van der Waals surface area contributed by atoms with E-state index in [-0.39, 0.29) is 41.8 Å². The SMILES string of the molecule is Cc1ccn(CC2CCCNC2)c(=O)c1C(=O)NCCc1cccnc1.Cl.Cl. The summed E-state index contributed by atoms with van der Waals surface area (Å²) < 4.78 is 1.68. The molecule has 1 unspecified atom stereocenters. The van der Waals surface area contributed by atoms with Crippen LogP contribution in [0.4, 0.5) is 0 Å². The number of rotatable bonds is 6. The molecule has 154 valence electrons. The van der Waals surface area contributed by atoms with Crippen molar-refractivity contribution in [2.45, 2.75) is 32.7 Å². The molecule has 28 heavy (non-hydrogen) atoms. The largest absolute Gasteiger partial charge is 0.352 e. The van der Waals surface area contributed by atoms with Gasteiger partial charge < -0.3 is 15.2 Å². The van der Waals surface area contributed by atoms with E-state index >= 15 is 0 Å². The number of hydrogen-bond acceptors (Lipinski definition) is 4. The highest BCUT2D eigenvalue weighted by Gasteiger charge is 2.18. The molecule has 1 fully saturated rings. The highest BCUT2D eigenvalue weighted by atomic mass is 35.5. The molecule has 6 nitrogen and oxygen atoms in total. The van der Waals surface area contributed by atoms with Crippen molar-refractivity contribution in [2.75, 3.05) is 19.6 Å². The summed E-state index contributed by atoms with van der Waals surface area (Å²) >= 11 is 0. The fraction of sp³-hybridized carbons (Fsp3) is 0.450. The normalized spacial score (nSPS) is 15.8. The van der Waals surface area contributed by atoms with Crippen LogP contribution in [0.1, 0.15) is 34.3 Å². The molecule has 2 aromatic heterocycles. The summed E-state index contributed by atoms with van der Waals surface area (Å²) in [4.78, 5) is 29.4. The second kappa shape index (κ2) is 11.8. The molecule has 1 saturated heterocycles. The first kappa shape index (κ1) is 24.1. The van der Waals surface area contributed by atoms with Crippen LogP contribution in [0.25, 0.3) is 0 Å². The van der Waals surface area contributed by atoms with E-state index in [1.54, 1.807) is 23.2 Å². The lowest BCUT2D eigenvalue weighted by atomic mass is 9.99. The van der Waals surface area contributed by atoms with Crippen molar-refractivity contribution in [1.29, 1.82) is 0 Å². The summed E-state index contributed by atoms with van der Waals surface area (Å²) in [6.07, 6.45) is 8.24. The number of aromatic nitrogens is 2. The quantitative estimate of drug-likeness (QED) is 0.742. The number of piperidine rings is 1. The maximum absolute atomic E-state index is 12.8. The first-order chi connectivity index (χ1) is 12.6. The van der Waals surface area contributed by atoms with Crippen LogP contribution in [0.3, 0.4) is 0 Å². The van der Waals surface area contributed by atoms with Crippen LogP contribution in [-0.2, 0) is 13.0 Å². The Hall–Kier alpha value is -1.89. The fourth-order valence-electron chi connectivity index (χ4n) is 3.40. The van der Waals surface area contributed by atoms with Crippen LogP contribution in [0.2, 0.25) is 0 Å². The number of pyridine rings is 2. The van der Waals surface area contributed by atoms with E-state index in [0.29, 0.717) is 31.0 Å². The van der Waals surface area contributed by atoms with Gasteiger partial charge in [-0.3, -0.25) is 14.6 Å². The molecule has 3 heterocycles. The second-order valence-electron chi connectivity index (χ2n) is 6.91. The average molecular weight is 427 g/mol. The molecule has 1 amide bonds. The molecule has 2 aromatic rings. The van der Waals surface area contributed by atoms with E-state index in [4.69, 9.17) is 0 Å². The lowest BCUT2D eigenvalue weighted by Gasteiger charge is -2.23. The Labute approximate surface area is 178 Å². The minimum atomic E-state index is -0.299. The molecule has 0 bridgehead atoms. The Balaban J connectivity index is 0.00000196. The maximum atomic E-state index is 12.8. The Bertz CT molecular complexity index is 806. The minimum absolute atomic E-state index is 0. The van der Waals surface area contributed by atoms with Crippen molar-refractivity contribution < 1.29 is 4.79 Å². The summed E-state index contributed by atoms with van der Waals surface area (Å²) in [6.45, 7) is 4.91. The summed E-state index contributed by atoms with van der Waals surface area (Å²) in [5.41, 5.74) is 1.82. The van der Waals surface area contributed by atoms with Gasteiger partial charge in [0.05, 0.1) is 0 Å². The Kier molecular flexibility index (Phi) is 10.2. The van der Waals surface area contributed by atoms with Crippen molar-refractivity contribution in [2.24, 2.45) is 5.92 Å². The van der Waals surface area contributed by atoms with Gasteiger partial charge in [0.1, 0.15) is 5.56 Å². The highest BCUT2D eigenvalue weighted by molar-refractivity contribution is 5.95. The van der Waals surface area contributed by atoms with Crippen LogP contribution in [0.15, 0.2) is 41.6 Å². The molecule has 0 aromatic carbocycles. The van der Waals surface area contributed by atoms with Crippen LogP contribution in [0.5, 0.6) is 0 Å². The fourth-order valence-corrected chi connectivity index (χ4v) is 3.40. The van der Waals surface area contributed by atoms with Gasteiger partial charge in [-0.1, -0.05) is 6.07 Å². The van der Waals surface area contributed by atoms with E-state index in [9.17, 15) is 9.59 Å². The average Bonchev–Trinajstić information content (AvgIpc) is 2.66. The third-order valence-corrected chi connectivity index (χ3v) is 4.88. The Morgan fingerprint density at radius 1 is 1.36 bits per heavy atom. The van der Waals surface area contributed by atoms with E-state index < -0.39 is 0 Å². The summed E-state index contributed by atoms with van der Waals surface area (Å²) in [5, 5.41) is 6.23. The van der Waals surface area contributed by atoms with Gasteiger partial charge in [0, 0.05) is 31.7 Å². The van der Waals surface area contributed by atoms with Gasteiger partial charge in [-0.2, -0.15) is 0 Å². The van der Waals surface area contributed by atoms with Gasteiger partial charge in [-0.15, -0.1) is 24.8 Å². The summed E-state index contributed by atoms with van der Waals surface area (Å²) in [7, 11) is 0. The number of nitrogens with zero attached hydrogens (tertiary/aromatic N) is 2. The zero-order valence-corrected chi connectivity index (χ0v) is 17.7. The molecule has 1 aliphatic rings. The molecule has 1 aliphatic heterocycles. The number of nitrogens with one attached hydrogen (secondary N) is 2. The number of amides is 1. The number of hydrogen-bond donors (Lipinski definition) is 2. The predicted octanol–water partition coefficient (Wildman–Crippen LogP) is 2.37. The first-order valence-electron chi connectivity index (χ1n) is 9.23. The van der Waals surface area contributed by atoms with Crippen molar-refractivity contribution in [3.63, 3.8) is 0 Å². The second-order valence-corrected chi connectivity index (χ2v) is 6.91. The predicted molar refractivity (Wildman–Crippen MR) is 116 cm³/mol. The zero-order chi connectivity index (χ0) is 18.4. The Morgan fingerprint density at radius 2 is 2.18 bits per heavy atom. The van der Waals surface area contributed by atoms with Crippen LogP contribution in [0, 0.1) is 12.8 Å². The van der Waals surface area contributed by atoms with Crippen LogP contribution >= 0.6 is 24.8 Å². The smallest absolute Gasteiger partial charge is 0.263 e. The van der Waals surface area contributed by atoms with Crippen molar-refractivity contribution >= 4 is 30.7 Å². The number of carbonyl (C=O) groups excluding carboxylic acids is 1. The van der Waals surface area contributed by atoms with Gasteiger partial charge in [0.15, 0.2) is 0 Å². The van der Waals surface area contributed by atoms with Crippen molar-refractivity contribution in [1.82, 2.24) is 20.2 Å². The van der Waals surface area contributed by atoms with Crippen molar-refractivity contribution in [3.8, 4) is 0 Å². The van der Waals surface area contributed by atoms with Crippen LogP contribution < -0.4 is 16.2 Å². The number of aryl methyl sites for hydroxylation is 1. The molecule has 3 rings (SSSR count). The molecule has 0 aliphatic carbocycles. The molecule has 0 saturated carbocycles. The monoisotopic (exact) mass is 426 g/mol. The zero-order valence-electron chi connectivity index (χ0n) is 16.0. The lowest BCUT2D eigenvalue weighted by Crippen LogP contribution is -2.38. The molecule has 0 radical (unpaired) electrons. The third kappa shape index (κ3) is 6.33. The van der Waals surface area contributed by atoms with Gasteiger partial charge in [0.25, 0.3) is 11.5 Å². The maximum Gasteiger partial charge on any atom is 0.263 e. The van der Waals surface area contributed by atoms with Gasteiger partial charge >= 0.3 is 0 Å². The van der Waals surface area contributed by atoms with Gasteiger partial charge in [-0.05, 0) is 68.5 Å². The summed E-state index contributed by atoms with van der Waals surface area (Å²) in [6, 6.07) is 5.70. The number of halogens is 2. The molecular weight excluding hydrogens is 399 g/mol. The third-order valence-electron chi connectivity index (χ3n) is 4.88. The van der Waals surface area contributed by atoms with E-state index in [1.165, 1.54) is 0 Å². The highest BCUT2D eigenvalue weighted by Crippen LogP contribution is 2.12. The minimum Gasteiger partial charge on any atom is -0.352 e. The molecular formula is C20H28Cl2N4O2. The van der Waals surface area contributed by atoms with Crippen molar-refractivity contribution in [3.05, 3.63) is 63.8 Å². The lowest BCUT2D eigenvalue weighted by molar-refractivity contribution is 0.0951. The first-order valence-corrected chi connectivity index (χ1v) is 9.23. The van der Waals surface area contributed by atoms with E-state index in [0.717, 1.165) is 31.5 Å². The van der Waals surface area contributed by atoms with E-state index in [2.05, 4.69) is 15.6 Å². The standard InChI is InChI=1S/C20H26N4O2.2ClH/c1-15-7-11-24(14-17-5-3-9-22-13-17)20(26)18(15)19(25)23-10-6-16-4-2-8-21-12-16;;/h2,4,7-8,11-12,17,22H,3,5-6,9-10,13-14H2,1H3,(H,23,25);2*1H. The van der Waals surface area contributed by atoms with Gasteiger partial charge in [0.2, 0.25) is 0 Å². The number of carbonyl (C=O) groups is 1. The molecule has 0 spiro atoms. The Morgan fingerprint density at radius 3 is 2.86 bits per heavy atom. The van der Waals surface area contributed by atoms with E-state index in [1.807, 2.05) is 25.1 Å². The summed E-state index contributed by atoms with van der Waals surface area (Å²) in [5.74, 6) is 0.137. The van der Waals surface area contributed by atoms with Gasteiger partial charge in [-0.25, -0.2) is 0 Å². The molecule has 2 N–H and O–H groups in total. The molecule has 8 heteroatoms.